The number of nitrogens with zero attached hydrogens (tertiary/aromatic N) is 2. The second kappa shape index (κ2) is 10.8. The number of ether oxygens (including phenoxy) is 1. The minimum absolute atomic E-state index is 0.0184. The molecule has 2 saturated heterocycles. The molecule has 2 aromatic rings. The van der Waals surface area contributed by atoms with Crippen LogP contribution in [0, 0.1) is 6.92 Å². The Morgan fingerprint density at radius 3 is 2.42 bits per heavy atom. The lowest BCUT2D eigenvalue weighted by Crippen LogP contribution is -2.60. The number of nitrogens with one attached hydrogen (secondary N) is 1. The van der Waals surface area contributed by atoms with E-state index in [4.69, 9.17) is 27.9 Å². The van der Waals surface area contributed by atoms with Gasteiger partial charge in [0.25, 0.3) is 11.8 Å². The third-order valence-corrected chi connectivity index (χ3v) is 7.90. The average Bonchev–Trinajstić information content (AvgIpc) is 3.24. The number of rotatable bonds is 5. The van der Waals surface area contributed by atoms with Crippen LogP contribution >= 0.6 is 23.2 Å². The maximum absolute atomic E-state index is 13.9. The van der Waals surface area contributed by atoms with Gasteiger partial charge in [-0.1, -0.05) is 48.3 Å². The summed E-state index contributed by atoms with van der Waals surface area (Å²) in [6, 6.07) is 11.4. The molecule has 2 heterocycles. The van der Waals surface area contributed by atoms with E-state index in [2.05, 4.69) is 5.32 Å². The number of benzene rings is 2. The van der Waals surface area contributed by atoms with Crippen molar-refractivity contribution in [2.45, 2.75) is 57.8 Å². The van der Waals surface area contributed by atoms with Crippen molar-refractivity contribution >= 4 is 40.9 Å². The number of carbonyl (C=O) groups excluding carboxylic acids is 3. The average molecular weight is 532 g/mol. The standard InChI is InChI=1S/C27H31Cl2N3O4/c1-4-18(3)30-24(33)23-16-36-27(32(23)26(35)20-8-6-5-7-17(20)2)11-13-31(14-12-27)25(34)19-9-10-21(28)22(29)15-19/h5-10,15,18,23H,4,11-14,16H2,1-3H3,(H,30,33)/t18-,23+/m0/s1. The van der Waals surface area contributed by atoms with Crippen molar-refractivity contribution < 1.29 is 19.1 Å². The van der Waals surface area contributed by atoms with Gasteiger partial charge in [0.05, 0.1) is 16.7 Å². The van der Waals surface area contributed by atoms with E-state index in [-0.39, 0.29) is 30.4 Å². The zero-order chi connectivity index (χ0) is 26.0. The fraction of sp³-hybridized carbons (Fsp3) is 0.444. The van der Waals surface area contributed by atoms with Gasteiger partial charge in [-0.05, 0) is 50.1 Å². The van der Waals surface area contributed by atoms with Gasteiger partial charge in [-0.25, -0.2) is 0 Å². The van der Waals surface area contributed by atoms with Gasteiger partial charge in [-0.2, -0.15) is 0 Å². The summed E-state index contributed by atoms with van der Waals surface area (Å²) in [5.41, 5.74) is 0.854. The Morgan fingerprint density at radius 2 is 1.78 bits per heavy atom. The lowest BCUT2D eigenvalue weighted by Gasteiger charge is -2.44. The van der Waals surface area contributed by atoms with E-state index >= 15 is 0 Å². The van der Waals surface area contributed by atoms with E-state index in [0.717, 1.165) is 12.0 Å². The molecule has 2 atom stereocenters. The predicted molar refractivity (Wildman–Crippen MR) is 139 cm³/mol. The summed E-state index contributed by atoms with van der Waals surface area (Å²) >= 11 is 12.1. The number of hydrogen-bond donors (Lipinski definition) is 1. The Hall–Kier alpha value is -2.61. The second-order valence-corrected chi connectivity index (χ2v) is 10.3. The Bertz CT molecular complexity index is 1160. The molecule has 2 aliphatic heterocycles. The highest BCUT2D eigenvalue weighted by Gasteiger charge is 2.54. The van der Waals surface area contributed by atoms with Crippen molar-refractivity contribution in [3.05, 3.63) is 69.2 Å². The maximum Gasteiger partial charge on any atom is 0.257 e. The van der Waals surface area contributed by atoms with Crippen LogP contribution in [0.25, 0.3) is 0 Å². The third kappa shape index (κ3) is 5.10. The lowest BCUT2D eigenvalue weighted by atomic mass is 9.95. The molecule has 0 saturated carbocycles. The van der Waals surface area contributed by atoms with Gasteiger partial charge in [-0.3, -0.25) is 19.3 Å². The van der Waals surface area contributed by atoms with Gasteiger partial charge < -0.3 is 15.0 Å². The molecule has 0 unspecified atom stereocenters. The van der Waals surface area contributed by atoms with Gasteiger partial charge in [0.2, 0.25) is 5.91 Å². The van der Waals surface area contributed by atoms with Crippen molar-refractivity contribution in [1.29, 1.82) is 0 Å². The molecule has 0 aromatic heterocycles. The van der Waals surface area contributed by atoms with Crippen LogP contribution in [0.4, 0.5) is 0 Å². The summed E-state index contributed by atoms with van der Waals surface area (Å²) < 4.78 is 6.26. The molecule has 3 amide bonds. The summed E-state index contributed by atoms with van der Waals surface area (Å²) in [6.45, 7) is 6.66. The number of hydrogen-bond acceptors (Lipinski definition) is 4. The van der Waals surface area contributed by atoms with E-state index in [1.54, 1.807) is 34.1 Å². The van der Waals surface area contributed by atoms with E-state index < -0.39 is 11.8 Å². The van der Waals surface area contributed by atoms with Gasteiger partial charge in [0, 0.05) is 43.1 Å². The number of halogens is 2. The molecule has 1 N–H and O–H groups in total. The zero-order valence-corrected chi connectivity index (χ0v) is 22.2. The van der Waals surface area contributed by atoms with E-state index in [0.29, 0.717) is 47.1 Å². The highest BCUT2D eigenvalue weighted by atomic mass is 35.5. The first-order chi connectivity index (χ1) is 17.2. The van der Waals surface area contributed by atoms with Crippen LogP contribution < -0.4 is 5.32 Å². The summed E-state index contributed by atoms with van der Waals surface area (Å²) in [6.07, 6.45) is 1.57. The molecule has 7 nitrogen and oxygen atoms in total. The molecule has 0 aliphatic carbocycles. The monoisotopic (exact) mass is 531 g/mol. The molecule has 9 heteroatoms. The van der Waals surface area contributed by atoms with Gasteiger partial charge in [0.15, 0.2) is 0 Å². The van der Waals surface area contributed by atoms with Gasteiger partial charge in [0.1, 0.15) is 11.8 Å². The van der Waals surface area contributed by atoms with Crippen molar-refractivity contribution in [3.63, 3.8) is 0 Å². The minimum Gasteiger partial charge on any atom is -0.353 e. The van der Waals surface area contributed by atoms with Crippen LogP contribution in [0.15, 0.2) is 42.5 Å². The Morgan fingerprint density at radius 1 is 1.08 bits per heavy atom. The molecule has 0 bridgehead atoms. The number of amides is 3. The SMILES string of the molecule is CC[C@H](C)NC(=O)[C@H]1COC2(CCN(C(=O)c3ccc(Cl)c(Cl)c3)CC2)N1C(=O)c1ccccc1C. The van der Waals surface area contributed by atoms with E-state index in [1.807, 2.05) is 39.0 Å². The molecule has 4 rings (SSSR count). The van der Waals surface area contributed by atoms with Crippen LogP contribution in [-0.4, -0.2) is 65.0 Å². The number of likely N-dealkylation sites (tertiary alicyclic amines) is 1. The first-order valence-electron chi connectivity index (χ1n) is 12.2. The lowest BCUT2D eigenvalue weighted by molar-refractivity contribution is -0.128. The quantitative estimate of drug-likeness (QED) is 0.606. The van der Waals surface area contributed by atoms with Gasteiger partial charge >= 0.3 is 0 Å². The first kappa shape index (κ1) is 26.5. The molecule has 36 heavy (non-hydrogen) atoms. The summed E-state index contributed by atoms with van der Waals surface area (Å²) in [4.78, 5) is 43.5. The fourth-order valence-corrected chi connectivity index (χ4v) is 5.12. The van der Waals surface area contributed by atoms with Crippen molar-refractivity contribution in [3.8, 4) is 0 Å². The second-order valence-electron chi connectivity index (χ2n) is 9.50. The van der Waals surface area contributed by atoms with Crippen LogP contribution in [0.2, 0.25) is 10.0 Å². The molecular formula is C27H31Cl2N3O4. The predicted octanol–water partition coefficient (Wildman–Crippen LogP) is 4.69. The van der Waals surface area contributed by atoms with E-state index in [9.17, 15) is 14.4 Å². The Labute approximate surface area is 221 Å². The highest BCUT2D eigenvalue weighted by Crippen LogP contribution is 2.39. The fourth-order valence-electron chi connectivity index (χ4n) is 4.82. The normalized spacial score (nSPS) is 19.9. The summed E-state index contributed by atoms with van der Waals surface area (Å²) in [5, 5.41) is 3.71. The zero-order valence-electron chi connectivity index (χ0n) is 20.7. The first-order valence-corrected chi connectivity index (χ1v) is 13.0. The number of aryl methyl sites for hydroxylation is 1. The number of piperidine rings is 1. The van der Waals surface area contributed by atoms with Gasteiger partial charge in [-0.15, -0.1) is 0 Å². The topological polar surface area (TPSA) is 79.0 Å². The third-order valence-electron chi connectivity index (χ3n) is 7.16. The molecule has 192 valence electrons. The summed E-state index contributed by atoms with van der Waals surface area (Å²) in [5.74, 6) is -0.624. The summed E-state index contributed by atoms with van der Waals surface area (Å²) in [7, 11) is 0. The Kier molecular flexibility index (Phi) is 7.93. The highest BCUT2D eigenvalue weighted by molar-refractivity contribution is 6.42. The van der Waals surface area contributed by atoms with Crippen molar-refractivity contribution in [2.75, 3.05) is 19.7 Å². The molecule has 2 aromatic carbocycles. The van der Waals surface area contributed by atoms with E-state index in [1.165, 1.54) is 0 Å². The molecular weight excluding hydrogens is 501 g/mol. The Balaban J connectivity index is 1.59. The van der Waals surface area contributed by atoms with Crippen LogP contribution in [-0.2, 0) is 9.53 Å². The minimum atomic E-state index is -0.967. The van der Waals surface area contributed by atoms with Crippen LogP contribution in [0.3, 0.4) is 0 Å². The van der Waals surface area contributed by atoms with Crippen molar-refractivity contribution in [1.82, 2.24) is 15.1 Å². The number of carbonyl (C=O) groups is 3. The van der Waals surface area contributed by atoms with Crippen LogP contribution in [0.5, 0.6) is 0 Å². The smallest absolute Gasteiger partial charge is 0.257 e. The molecule has 2 fully saturated rings. The molecule has 1 spiro atoms. The maximum atomic E-state index is 13.9. The van der Waals surface area contributed by atoms with Crippen LogP contribution in [0.1, 0.15) is 59.4 Å². The van der Waals surface area contributed by atoms with Crippen molar-refractivity contribution in [2.24, 2.45) is 0 Å². The molecule has 0 radical (unpaired) electrons. The largest absolute Gasteiger partial charge is 0.353 e. The molecule has 2 aliphatic rings.